The summed E-state index contributed by atoms with van der Waals surface area (Å²) in [6, 6.07) is 3.52. The molecule has 6 nitrogen and oxygen atoms in total. The van der Waals surface area contributed by atoms with Gasteiger partial charge < -0.3 is 4.84 Å². The summed E-state index contributed by atoms with van der Waals surface area (Å²) in [7, 11) is 0. The van der Waals surface area contributed by atoms with E-state index >= 15 is 0 Å². The minimum absolute atomic E-state index is 0.144. The van der Waals surface area contributed by atoms with E-state index in [0.717, 1.165) is 16.8 Å². The molecule has 0 saturated carbocycles. The van der Waals surface area contributed by atoms with Gasteiger partial charge in [0.15, 0.2) is 5.69 Å². The van der Waals surface area contributed by atoms with Crippen LogP contribution in [0.4, 0.5) is 8.78 Å². The van der Waals surface area contributed by atoms with Gasteiger partial charge in [0, 0.05) is 5.56 Å². The van der Waals surface area contributed by atoms with Crippen molar-refractivity contribution < 1.29 is 18.4 Å². The molecule has 1 aromatic heterocycles. The topological polar surface area (TPSA) is 83.0 Å². The Hall–Kier alpha value is -2.35. The molecule has 0 aliphatic carbocycles. The summed E-state index contributed by atoms with van der Waals surface area (Å²) < 4.78 is 27.8. The number of nitrogens with zero attached hydrogens (tertiary/aromatic N) is 3. The van der Waals surface area contributed by atoms with Crippen molar-refractivity contribution in [2.75, 3.05) is 0 Å². The van der Waals surface area contributed by atoms with Crippen molar-refractivity contribution in [1.29, 1.82) is 0 Å². The maximum Gasteiger partial charge on any atom is 0.378 e. The van der Waals surface area contributed by atoms with Crippen LogP contribution in [0.2, 0.25) is 0 Å². The van der Waals surface area contributed by atoms with Crippen molar-refractivity contribution in [3.8, 4) is 0 Å². The largest absolute Gasteiger partial charge is 0.378 e. The number of nitrogens with two attached hydrogens (primary N) is 1. The molecule has 0 aliphatic heterocycles. The molecule has 0 atom stereocenters. The van der Waals surface area contributed by atoms with Crippen molar-refractivity contribution in [2.45, 2.75) is 6.54 Å². The summed E-state index contributed by atoms with van der Waals surface area (Å²) in [5.41, 5.74) is -0.315. The van der Waals surface area contributed by atoms with Gasteiger partial charge in [0.1, 0.15) is 11.6 Å². The third-order valence-electron chi connectivity index (χ3n) is 2.24. The summed E-state index contributed by atoms with van der Waals surface area (Å²) in [5, 5.41) is 7.00. The Kier molecular flexibility index (Phi) is 3.28. The van der Waals surface area contributed by atoms with Crippen LogP contribution in [0.15, 0.2) is 24.4 Å². The standard InChI is InChI=1S/C10H8F2N4O2/c11-7-2-1-3-8(12)6(7)4-16-5-9(14-15-16)10(17)18-13/h1-3,5H,4,13H2. The first-order chi connectivity index (χ1) is 8.61. The van der Waals surface area contributed by atoms with Gasteiger partial charge >= 0.3 is 5.97 Å². The fraction of sp³-hybridized carbons (Fsp3) is 0.100. The molecule has 0 spiro atoms. The Bertz CT molecular complexity index is 565. The third kappa shape index (κ3) is 2.33. The van der Waals surface area contributed by atoms with Crippen LogP contribution in [-0.2, 0) is 11.4 Å². The quantitative estimate of drug-likeness (QED) is 0.812. The molecule has 18 heavy (non-hydrogen) atoms. The van der Waals surface area contributed by atoms with Gasteiger partial charge in [-0.25, -0.2) is 18.3 Å². The molecule has 0 radical (unpaired) electrons. The maximum absolute atomic E-state index is 13.4. The van der Waals surface area contributed by atoms with Crippen LogP contribution in [0.25, 0.3) is 0 Å². The van der Waals surface area contributed by atoms with Gasteiger partial charge in [-0.3, -0.25) is 0 Å². The highest BCUT2D eigenvalue weighted by Crippen LogP contribution is 2.13. The lowest BCUT2D eigenvalue weighted by Gasteiger charge is -2.03. The molecule has 0 saturated heterocycles. The van der Waals surface area contributed by atoms with Gasteiger partial charge in [-0.05, 0) is 12.1 Å². The first kappa shape index (κ1) is 12.1. The summed E-state index contributed by atoms with van der Waals surface area (Å²) in [6.07, 6.45) is 1.18. The molecule has 94 valence electrons. The average Bonchev–Trinajstić information content (AvgIpc) is 2.81. The number of hydrogen-bond acceptors (Lipinski definition) is 5. The highest BCUT2D eigenvalue weighted by molar-refractivity contribution is 5.86. The third-order valence-corrected chi connectivity index (χ3v) is 2.24. The predicted molar refractivity (Wildman–Crippen MR) is 55.1 cm³/mol. The molecular weight excluding hydrogens is 246 g/mol. The monoisotopic (exact) mass is 254 g/mol. The zero-order chi connectivity index (χ0) is 13.1. The molecule has 0 fully saturated rings. The number of carbonyl (C=O) groups is 1. The second kappa shape index (κ2) is 4.88. The van der Waals surface area contributed by atoms with E-state index in [1.165, 1.54) is 12.3 Å². The van der Waals surface area contributed by atoms with E-state index in [2.05, 4.69) is 21.0 Å². The van der Waals surface area contributed by atoms with Crippen LogP contribution in [0.5, 0.6) is 0 Å². The Balaban J connectivity index is 2.24. The van der Waals surface area contributed by atoms with Crippen molar-refractivity contribution in [3.63, 3.8) is 0 Å². The van der Waals surface area contributed by atoms with Crippen molar-refractivity contribution >= 4 is 5.97 Å². The van der Waals surface area contributed by atoms with Crippen molar-refractivity contribution in [3.05, 3.63) is 47.3 Å². The fourth-order valence-corrected chi connectivity index (χ4v) is 1.37. The molecule has 0 bridgehead atoms. The van der Waals surface area contributed by atoms with Crippen LogP contribution >= 0.6 is 0 Å². The van der Waals surface area contributed by atoms with Crippen LogP contribution in [0.3, 0.4) is 0 Å². The molecule has 2 N–H and O–H groups in total. The van der Waals surface area contributed by atoms with Crippen LogP contribution in [-0.4, -0.2) is 21.0 Å². The van der Waals surface area contributed by atoms with Gasteiger partial charge in [0.05, 0.1) is 12.7 Å². The van der Waals surface area contributed by atoms with Crippen LogP contribution < -0.4 is 5.90 Å². The second-order valence-corrected chi connectivity index (χ2v) is 3.41. The van der Waals surface area contributed by atoms with Crippen LogP contribution in [0, 0.1) is 11.6 Å². The fourth-order valence-electron chi connectivity index (χ4n) is 1.37. The average molecular weight is 254 g/mol. The minimum Gasteiger partial charge on any atom is -0.368 e. The molecule has 0 unspecified atom stereocenters. The maximum atomic E-state index is 13.4. The number of halogens is 2. The van der Waals surface area contributed by atoms with E-state index in [9.17, 15) is 13.6 Å². The van der Waals surface area contributed by atoms with E-state index in [1.807, 2.05) is 0 Å². The number of hydrogen-bond donors (Lipinski definition) is 1. The zero-order valence-electron chi connectivity index (χ0n) is 9.01. The summed E-state index contributed by atoms with van der Waals surface area (Å²) >= 11 is 0. The highest BCUT2D eigenvalue weighted by atomic mass is 19.1. The first-order valence-electron chi connectivity index (χ1n) is 4.86. The predicted octanol–water partition coefficient (Wildman–Crippen LogP) is 0.635. The summed E-state index contributed by atoms with van der Waals surface area (Å²) in [5.74, 6) is 2.39. The molecule has 0 amide bonds. The van der Waals surface area contributed by atoms with Gasteiger partial charge in [-0.15, -0.1) is 5.10 Å². The molecule has 1 heterocycles. The molecular formula is C10H8F2N4O2. The minimum atomic E-state index is -0.879. The van der Waals surface area contributed by atoms with Crippen LogP contribution in [0.1, 0.15) is 16.1 Å². The highest BCUT2D eigenvalue weighted by Gasteiger charge is 2.14. The van der Waals surface area contributed by atoms with E-state index in [4.69, 9.17) is 0 Å². The van der Waals surface area contributed by atoms with Crippen molar-refractivity contribution in [2.24, 2.45) is 5.90 Å². The number of aromatic nitrogens is 3. The second-order valence-electron chi connectivity index (χ2n) is 3.41. The lowest BCUT2D eigenvalue weighted by Crippen LogP contribution is -2.10. The first-order valence-corrected chi connectivity index (χ1v) is 4.86. The summed E-state index contributed by atoms with van der Waals surface area (Å²) in [6.45, 7) is -0.191. The number of benzene rings is 1. The van der Waals surface area contributed by atoms with E-state index < -0.39 is 17.6 Å². The Morgan fingerprint density at radius 1 is 1.39 bits per heavy atom. The van der Waals surface area contributed by atoms with E-state index in [1.54, 1.807) is 0 Å². The van der Waals surface area contributed by atoms with Gasteiger partial charge in [-0.2, -0.15) is 5.90 Å². The lowest BCUT2D eigenvalue weighted by molar-refractivity contribution is 0.0496. The molecule has 2 rings (SSSR count). The molecule has 8 heteroatoms. The smallest absolute Gasteiger partial charge is 0.368 e. The molecule has 1 aromatic carbocycles. The van der Waals surface area contributed by atoms with E-state index in [0.29, 0.717) is 0 Å². The number of rotatable bonds is 3. The number of carbonyl (C=O) groups excluding carboxylic acids is 1. The molecule has 2 aromatic rings. The lowest BCUT2D eigenvalue weighted by atomic mass is 10.2. The Morgan fingerprint density at radius 2 is 2.06 bits per heavy atom. The van der Waals surface area contributed by atoms with Crippen molar-refractivity contribution in [1.82, 2.24) is 15.0 Å². The molecule has 0 aliphatic rings. The van der Waals surface area contributed by atoms with Gasteiger partial charge in [0.2, 0.25) is 0 Å². The Labute approximate surface area is 99.9 Å². The van der Waals surface area contributed by atoms with Gasteiger partial charge in [-0.1, -0.05) is 11.3 Å². The zero-order valence-corrected chi connectivity index (χ0v) is 9.01. The van der Waals surface area contributed by atoms with Gasteiger partial charge in [0.25, 0.3) is 0 Å². The normalized spacial score (nSPS) is 10.4. The SMILES string of the molecule is NOC(=O)c1cn(Cc2c(F)cccc2F)nn1. The van der Waals surface area contributed by atoms with E-state index in [-0.39, 0.29) is 17.8 Å². The Morgan fingerprint density at radius 3 is 2.67 bits per heavy atom. The summed E-state index contributed by atoms with van der Waals surface area (Å²) in [4.78, 5) is 14.9.